The van der Waals surface area contributed by atoms with Crippen molar-refractivity contribution in [1.29, 1.82) is 0 Å². The first kappa shape index (κ1) is 10.5. The van der Waals surface area contributed by atoms with E-state index in [0.717, 1.165) is 4.47 Å². The number of methoxy groups -OCH3 is 1. The van der Waals surface area contributed by atoms with Crippen molar-refractivity contribution in [1.82, 2.24) is 0 Å². The number of ether oxygens (including phenoxy) is 2. The number of halogens is 1. The zero-order valence-corrected chi connectivity index (χ0v) is 10.1. The predicted octanol–water partition coefficient (Wildman–Crippen LogP) is 2.81. The molecule has 0 saturated heterocycles. The summed E-state index contributed by atoms with van der Waals surface area (Å²) in [7, 11) is 1.58. The van der Waals surface area contributed by atoms with Gasteiger partial charge in [-0.05, 0) is 34.5 Å². The maximum Gasteiger partial charge on any atom is 0.207 e. The van der Waals surface area contributed by atoms with E-state index < -0.39 is 0 Å². The highest BCUT2D eigenvalue weighted by Crippen LogP contribution is 2.39. The second-order valence-electron chi connectivity index (χ2n) is 3.36. The van der Waals surface area contributed by atoms with Crippen molar-refractivity contribution in [3.63, 3.8) is 0 Å². The highest BCUT2D eigenvalue weighted by molar-refractivity contribution is 9.10. The number of rotatable bonds is 2. The highest BCUT2D eigenvalue weighted by atomic mass is 79.9. The molecule has 1 aliphatic heterocycles. The van der Waals surface area contributed by atoms with E-state index in [0.29, 0.717) is 23.5 Å². The molecule has 1 aromatic rings. The standard InChI is InChI=1S/C11H11BrO3/c1-3-9-10(13)7-4-6(14-2)5-8(12)11(7)15-9/h4-5,9H,3H2,1-2H3. The molecule has 1 atom stereocenters. The van der Waals surface area contributed by atoms with Crippen LogP contribution in [0, 0.1) is 0 Å². The van der Waals surface area contributed by atoms with Crippen molar-refractivity contribution in [3.05, 3.63) is 22.2 Å². The number of carbonyl (C=O) groups is 1. The van der Waals surface area contributed by atoms with Gasteiger partial charge in [0.25, 0.3) is 0 Å². The molecular weight excluding hydrogens is 260 g/mol. The van der Waals surface area contributed by atoms with Crippen LogP contribution in [-0.4, -0.2) is 19.0 Å². The van der Waals surface area contributed by atoms with Gasteiger partial charge < -0.3 is 9.47 Å². The van der Waals surface area contributed by atoms with Gasteiger partial charge in [0.15, 0.2) is 6.10 Å². The van der Waals surface area contributed by atoms with Crippen LogP contribution in [0.4, 0.5) is 0 Å². The van der Waals surface area contributed by atoms with Crippen LogP contribution in [0.25, 0.3) is 0 Å². The van der Waals surface area contributed by atoms with E-state index in [1.807, 2.05) is 6.92 Å². The number of ketones is 1. The quantitative estimate of drug-likeness (QED) is 0.829. The Morgan fingerprint density at radius 2 is 2.27 bits per heavy atom. The number of hydrogen-bond acceptors (Lipinski definition) is 3. The predicted molar refractivity (Wildman–Crippen MR) is 59.7 cm³/mol. The molecule has 1 aromatic carbocycles. The van der Waals surface area contributed by atoms with Crippen LogP contribution in [0.15, 0.2) is 16.6 Å². The molecule has 1 aliphatic rings. The Morgan fingerprint density at radius 1 is 1.53 bits per heavy atom. The largest absolute Gasteiger partial charge is 0.497 e. The van der Waals surface area contributed by atoms with Crippen LogP contribution in [-0.2, 0) is 0 Å². The van der Waals surface area contributed by atoms with Crippen LogP contribution in [0.1, 0.15) is 23.7 Å². The summed E-state index contributed by atoms with van der Waals surface area (Å²) in [6.07, 6.45) is 0.339. The van der Waals surface area contributed by atoms with Crippen LogP contribution >= 0.6 is 15.9 Å². The minimum absolute atomic E-state index is 0.0344. The Morgan fingerprint density at radius 3 is 2.87 bits per heavy atom. The second-order valence-corrected chi connectivity index (χ2v) is 4.22. The molecule has 2 rings (SSSR count). The zero-order chi connectivity index (χ0) is 11.0. The zero-order valence-electron chi connectivity index (χ0n) is 8.54. The Balaban J connectivity index is 2.50. The molecule has 0 saturated carbocycles. The van der Waals surface area contributed by atoms with E-state index in [1.54, 1.807) is 19.2 Å². The van der Waals surface area contributed by atoms with Gasteiger partial charge >= 0.3 is 0 Å². The second kappa shape index (κ2) is 3.85. The SMILES string of the molecule is CCC1Oc2c(Br)cc(OC)cc2C1=O. The molecule has 0 spiro atoms. The molecular formula is C11H11BrO3. The van der Waals surface area contributed by atoms with Gasteiger partial charge in [0, 0.05) is 0 Å². The van der Waals surface area contributed by atoms with E-state index in [-0.39, 0.29) is 11.9 Å². The number of carbonyl (C=O) groups excluding carboxylic acids is 1. The van der Waals surface area contributed by atoms with Crippen LogP contribution in [0.3, 0.4) is 0 Å². The van der Waals surface area contributed by atoms with Crippen LogP contribution in [0.5, 0.6) is 11.5 Å². The smallest absolute Gasteiger partial charge is 0.207 e. The maximum absolute atomic E-state index is 11.8. The molecule has 1 heterocycles. The molecule has 0 aromatic heterocycles. The monoisotopic (exact) mass is 270 g/mol. The van der Waals surface area contributed by atoms with Gasteiger partial charge in [-0.1, -0.05) is 6.92 Å². The average Bonchev–Trinajstić information content (AvgIpc) is 2.56. The van der Waals surface area contributed by atoms with Gasteiger partial charge in [0.2, 0.25) is 5.78 Å². The van der Waals surface area contributed by atoms with E-state index in [2.05, 4.69) is 15.9 Å². The third-order valence-electron chi connectivity index (χ3n) is 2.44. The summed E-state index contributed by atoms with van der Waals surface area (Å²) in [5, 5.41) is 0. The van der Waals surface area contributed by atoms with Gasteiger partial charge in [-0.3, -0.25) is 4.79 Å². The van der Waals surface area contributed by atoms with Crippen molar-refractivity contribution >= 4 is 21.7 Å². The molecule has 80 valence electrons. The van der Waals surface area contributed by atoms with Crippen molar-refractivity contribution < 1.29 is 14.3 Å². The molecule has 0 N–H and O–H groups in total. The first-order chi connectivity index (χ1) is 7.17. The summed E-state index contributed by atoms with van der Waals surface area (Å²) in [6.45, 7) is 1.93. The van der Waals surface area contributed by atoms with Crippen LogP contribution < -0.4 is 9.47 Å². The van der Waals surface area contributed by atoms with Gasteiger partial charge in [0.05, 0.1) is 17.1 Å². The van der Waals surface area contributed by atoms with Crippen molar-refractivity contribution in [3.8, 4) is 11.5 Å². The van der Waals surface area contributed by atoms with Gasteiger partial charge in [0.1, 0.15) is 11.5 Å². The first-order valence-corrected chi connectivity index (χ1v) is 5.55. The normalized spacial score (nSPS) is 18.6. The summed E-state index contributed by atoms with van der Waals surface area (Å²) in [6, 6.07) is 3.52. The molecule has 0 fully saturated rings. The summed E-state index contributed by atoms with van der Waals surface area (Å²) in [5.74, 6) is 1.33. The highest BCUT2D eigenvalue weighted by Gasteiger charge is 2.33. The fraction of sp³-hybridized carbons (Fsp3) is 0.364. The molecule has 3 nitrogen and oxygen atoms in total. The summed E-state index contributed by atoms with van der Waals surface area (Å²) < 4.78 is 11.4. The minimum Gasteiger partial charge on any atom is -0.497 e. The van der Waals surface area contributed by atoms with Gasteiger partial charge in [-0.25, -0.2) is 0 Å². The molecule has 1 unspecified atom stereocenters. The number of hydrogen-bond donors (Lipinski definition) is 0. The Labute approximate surface area is 96.5 Å². The molecule has 4 heteroatoms. The molecule has 0 amide bonds. The average molecular weight is 271 g/mol. The fourth-order valence-electron chi connectivity index (χ4n) is 1.63. The lowest BCUT2D eigenvalue weighted by atomic mass is 10.1. The third kappa shape index (κ3) is 1.63. The number of benzene rings is 1. The van der Waals surface area contributed by atoms with E-state index >= 15 is 0 Å². The third-order valence-corrected chi connectivity index (χ3v) is 3.03. The first-order valence-electron chi connectivity index (χ1n) is 4.75. The maximum atomic E-state index is 11.8. The van der Waals surface area contributed by atoms with Crippen LogP contribution in [0.2, 0.25) is 0 Å². The van der Waals surface area contributed by atoms with E-state index in [9.17, 15) is 4.79 Å². The number of fused-ring (bicyclic) bond motifs is 1. The molecule has 0 radical (unpaired) electrons. The van der Waals surface area contributed by atoms with Gasteiger partial charge in [-0.15, -0.1) is 0 Å². The topological polar surface area (TPSA) is 35.5 Å². The Hall–Kier alpha value is -1.03. The Bertz CT molecular complexity index is 415. The van der Waals surface area contributed by atoms with Crippen molar-refractivity contribution in [2.45, 2.75) is 19.4 Å². The number of Topliss-reactive ketones (excluding diaryl/α,β-unsaturated/α-hetero) is 1. The lowest BCUT2D eigenvalue weighted by Crippen LogP contribution is -2.18. The van der Waals surface area contributed by atoms with Crippen molar-refractivity contribution in [2.24, 2.45) is 0 Å². The Kier molecular flexibility index (Phi) is 2.69. The van der Waals surface area contributed by atoms with Crippen molar-refractivity contribution in [2.75, 3.05) is 7.11 Å². The summed E-state index contributed by atoms with van der Waals surface area (Å²) in [4.78, 5) is 11.8. The fourth-order valence-corrected chi connectivity index (χ4v) is 2.16. The lowest BCUT2D eigenvalue weighted by molar-refractivity contribution is 0.0852. The summed E-state index contributed by atoms with van der Waals surface area (Å²) >= 11 is 3.37. The molecule has 15 heavy (non-hydrogen) atoms. The minimum atomic E-state index is -0.344. The molecule has 0 bridgehead atoms. The lowest BCUT2D eigenvalue weighted by Gasteiger charge is -2.06. The summed E-state index contributed by atoms with van der Waals surface area (Å²) in [5.41, 5.74) is 0.605. The molecule has 0 aliphatic carbocycles. The van der Waals surface area contributed by atoms with E-state index in [1.165, 1.54) is 0 Å². The van der Waals surface area contributed by atoms with Gasteiger partial charge in [-0.2, -0.15) is 0 Å². The van der Waals surface area contributed by atoms with E-state index in [4.69, 9.17) is 9.47 Å².